The second kappa shape index (κ2) is 3.84. The number of nitrogens with zero attached hydrogens (tertiary/aromatic N) is 1. The Labute approximate surface area is 89.9 Å². The van der Waals surface area contributed by atoms with Crippen LogP contribution in [-0.4, -0.2) is 24.0 Å². The van der Waals surface area contributed by atoms with Gasteiger partial charge in [-0.15, -0.1) is 0 Å². The van der Waals surface area contributed by atoms with Crippen molar-refractivity contribution in [1.29, 1.82) is 0 Å². The maximum atomic E-state index is 2.63. The lowest BCUT2D eigenvalue weighted by Gasteiger charge is -2.33. The molecule has 0 amide bonds. The maximum absolute atomic E-state index is 2.63. The van der Waals surface area contributed by atoms with Crippen LogP contribution in [-0.2, 0) is 0 Å². The Hall–Kier alpha value is -0.0400. The van der Waals surface area contributed by atoms with Gasteiger partial charge in [-0.2, -0.15) is 0 Å². The molecule has 1 aliphatic heterocycles. The fraction of sp³-hybridized carbons (Fsp3) is 1.00. The zero-order valence-corrected chi connectivity index (χ0v) is 10.9. The molecule has 0 N–H and O–H groups in total. The fourth-order valence-electron chi connectivity index (χ4n) is 2.96. The van der Waals surface area contributed by atoms with Gasteiger partial charge in [0.2, 0.25) is 0 Å². The van der Waals surface area contributed by atoms with Gasteiger partial charge in [0.05, 0.1) is 0 Å². The number of likely N-dealkylation sites (tertiary alicyclic amines) is 1. The molecule has 0 aromatic carbocycles. The minimum Gasteiger partial charge on any atom is -0.300 e. The highest BCUT2D eigenvalue weighted by atomic mass is 15.2. The highest BCUT2D eigenvalue weighted by molar-refractivity contribution is 4.87. The third-order valence-corrected chi connectivity index (χ3v) is 3.39. The van der Waals surface area contributed by atoms with Gasteiger partial charge in [-0.05, 0) is 44.1 Å². The van der Waals surface area contributed by atoms with E-state index in [4.69, 9.17) is 0 Å². The molecule has 0 aliphatic carbocycles. The average molecular weight is 197 g/mol. The molecule has 0 unspecified atom stereocenters. The highest BCUT2D eigenvalue weighted by Crippen LogP contribution is 2.39. The van der Waals surface area contributed by atoms with Crippen LogP contribution in [0, 0.1) is 10.8 Å². The summed E-state index contributed by atoms with van der Waals surface area (Å²) in [4.78, 5) is 2.63. The number of rotatable bonds is 1. The van der Waals surface area contributed by atoms with Crippen molar-refractivity contribution >= 4 is 0 Å². The van der Waals surface area contributed by atoms with Gasteiger partial charge in [-0.25, -0.2) is 0 Å². The van der Waals surface area contributed by atoms with Crippen molar-refractivity contribution in [3.8, 4) is 0 Å². The molecular formula is C13H27N. The molecule has 84 valence electrons. The van der Waals surface area contributed by atoms with Gasteiger partial charge < -0.3 is 4.90 Å². The van der Waals surface area contributed by atoms with Crippen molar-refractivity contribution in [1.82, 2.24) is 4.90 Å². The molecule has 0 radical (unpaired) electrons. The largest absolute Gasteiger partial charge is 0.300 e. The lowest BCUT2D eigenvalue weighted by Crippen LogP contribution is -2.37. The van der Waals surface area contributed by atoms with Crippen molar-refractivity contribution in [3.63, 3.8) is 0 Å². The Bertz CT molecular complexity index is 191. The monoisotopic (exact) mass is 197 g/mol. The zero-order valence-electron chi connectivity index (χ0n) is 10.9. The molecule has 1 fully saturated rings. The quantitative estimate of drug-likeness (QED) is 0.621. The SMILES string of the molecule is CC(C)N1CCC(C)(C)CC(C)(C)C1. The van der Waals surface area contributed by atoms with Gasteiger partial charge in [-0.3, -0.25) is 0 Å². The smallest absolute Gasteiger partial charge is 0.00388 e. The Balaban J connectivity index is 2.74. The molecule has 0 bridgehead atoms. The summed E-state index contributed by atoms with van der Waals surface area (Å²) < 4.78 is 0. The van der Waals surface area contributed by atoms with Crippen molar-refractivity contribution in [3.05, 3.63) is 0 Å². The van der Waals surface area contributed by atoms with E-state index in [1.54, 1.807) is 0 Å². The van der Waals surface area contributed by atoms with Crippen LogP contribution in [0.25, 0.3) is 0 Å². The molecule has 0 saturated carbocycles. The molecule has 1 rings (SSSR count). The Morgan fingerprint density at radius 1 is 1.00 bits per heavy atom. The van der Waals surface area contributed by atoms with E-state index >= 15 is 0 Å². The van der Waals surface area contributed by atoms with Gasteiger partial charge in [0.15, 0.2) is 0 Å². The lowest BCUT2D eigenvalue weighted by molar-refractivity contribution is 0.154. The first-order chi connectivity index (χ1) is 6.22. The summed E-state index contributed by atoms with van der Waals surface area (Å²) >= 11 is 0. The van der Waals surface area contributed by atoms with Crippen molar-refractivity contribution < 1.29 is 0 Å². The van der Waals surface area contributed by atoms with E-state index in [0.717, 1.165) is 0 Å². The van der Waals surface area contributed by atoms with Gasteiger partial charge in [-0.1, -0.05) is 27.7 Å². The van der Waals surface area contributed by atoms with Gasteiger partial charge in [0.1, 0.15) is 0 Å². The fourth-order valence-corrected chi connectivity index (χ4v) is 2.96. The molecule has 1 heterocycles. The maximum Gasteiger partial charge on any atom is 0.00388 e. The van der Waals surface area contributed by atoms with Crippen molar-refractivity contribution in [2.45, 2.75) is 60.4 Å². The van der Waals surface area contributed by atoms with Crippen LogP contribution >= 0.6 is 0 Å². The van der Waals surface area contributed by atoms with E-state index in [0.29, 0.717) is 16.9 Å². The van der Waals surface area contributed by atoms with E-state index in [2.05, 4.69) is 46.4 Å². The van der Waals surface area contributed by atoms with Crippen molar-refractivity contribution in [2.75, 3.05) is 13.1 Å². The van der Waals surface area contributed by atoms with Crippen LogP contribution in [0.2, 0.25) is 0 Å². The minimum atomic E-state index is 0.476. The van der Waals surface area contributed by atoms with Gasteiger partial charge >= 0.3 is 0 Å². The molecule has 14 heavy (non-hydrogen) atoms. The molecule has 1 aliphatic rings. The first kappa shape index (κ1) is 12.0. The molecule has 0 aromatic heterocycles. The first-order valence-corrected chi connectivity index (χ1v) is 5.96. The third kappa shape index (κ3) is 3.27. The van der Waals surface area contributed by atoms with Crippen LogP contribution in [0.3, 0.4) is 0 Å². The third-order valence-electron chi connectivity index (χ3n) is 3.39. The van der Waals surface area contributed by atoms with E-state index in [1.807, 2.05) is 0 Å². The van der Waals surface area contributed by atoms with E-state index in [-0.39, 0.29) is 0 Å². The van der Waals surface area contributed by atoms with Crippen LogP contribution in [0.4, 0.5) is 0 Å². The summed E-state index contributed by atoms with van der Waals surface area (Å²) in [5.41, 5.74) is 0.997. The zero-order chi connectivity index (χ0) is 11.0. The van der Waals surface area contributed by atoms with Crippen LogP contribution in [0.15, 0.2) is 0 Å². The second-order valence-corrected chi connectivity index (χ2v) is 6.82. The Morgan fingerprint density at radius 3 is 2.07 bits per heavy atom. The van der Waals surface area contributed by atoms with E-state index < -0.39 is 0 Å². The highest BCUT2D eigenvalue weighted by Gasteiger charge is 2.34. The summed E-state index contributed by atoms with van der Waals surface area (Å²) in [6.07, 6.45) is 2.69. The standard InChI is InChI=1S/C13H27N/c1-11(2)14-8-7-12(3,4)9-13(5,6)10-14/h11H,7-10H2,1-6H3. The lowest BCUT2D eigenvalue weighted by atomic mass is 9.75. The van der Waals surface area contributed by atoms with E-state index in [9.17, 15) is 0 Å². The predicted molar refractivity (Wildman–Crippen MR) is 63.5 cm³/mol. The van der Waals surface area contributed by atoms with Crippen molar-refractivity contribution in [2.24, 2.45) is 10.8 Å². The minimum absolute atomic E-state index is 0.476. The first-order valence-electron chi connectivity index (χ1n) is 5.96. The predicted octanol–water partition coefficient (Wildman–Crippen LogP) is 3.54. The molecule has 1 nitrogen and oxygen atoms in total. The Kier molecular flexibility index (Phi) is 3.30. The van der Waals surface area contributed by atoms with Gasteiger partial charge in [0, 0.05) is 12.6 Å². The van der Waals surface area contributed by atoms with Crippen LogP contribution in [0.1, 0.15) is 54.4 Å². The molecule has 1 heteroatoms. The van der Waals surface area contributed by atoms with Crippen LogP contribution in [0.5, 0.6) is 0 Å². The molecule has 0 atom stereocenters. The van der Waals surface area contributed by atoms with E-state index in [1.165, 1.54) is 25.9 Å². The molecular weight excluding hydrogens is 170 g/mol. The Morgan fingerprint density at radius 2 is 1.57 bits per heavy atom. The molecule has 1 saturated heterocycles. The second-order valence-electron chi connectivity index (χ2n) is 6.82. The van der Waals surface area contributed by atoms with Crippen LogP contribution < -0.4 is 0 Å². The average Bonchev–Trinajstić information content (AvgIpc) is 2.04. The molecule has 0 aromatic rings. The summed E-state index contributed by atoms with van der Waals surface area (Å²) in [7, 11) is 0. The topological polar surface area (TPSA) is 3.24 Å². The summed E-state index contributed by atoms with van der Waals surface area (Å²) in [6.45, 7) is 16.8. The number of hydrogen-bond donors (Lipinski definition) is 0. The summed E-state index contributed by atoms with van der Waals surface area (Å²) in [5, 5.41) is 0. The van der Waals surface area contributed by atoms with Gasteiger partial charge in [0.25, 0.3) is 0 Å². The summed E-state index contributed by atoms with van der Waals surface area (Å²) in [5.74, 6) is 0. The normalized spacial score (nSPS) is 27.6. The molecule has 0 spiro atoms. The summed E-state index contributed by atoms with van der Waals surface area (Å²) in [6, 6.07) is 0.697. The number of hydrogen-bond acceptors (Lipinski definition) is 1.